The zero-order chi connectivity index (χ0) is 13.1. The highest BCUT2D eigenvalue weighted by Gasteiger charge is 2.18. The molecule has 4 nitrogen and oxygen atoms in total. The second kappa shape index (κ2) is 4.96. The number of benzene rings is 1. The van der Waals surface area contributed by atoms with Gasteiger partial charge in [0.15, 0.2) is 5.78 Å². The number of nitrogens with zero attached hydrogens (tertiary/aromatic N) is 2. The summed E-state index contributed by atoms with van der Waals surface area (Å²) in [6.45, 7) is 3.86. The molecule has 0 atom stereocenters. The number of carbonyl (C=O) groups is 1. The van der Waals surface area contributed by atoms with Crippen molar-refractivity contribution in [1.82, 2.24) is 9.97 Å². The van der Waals surface area contributed by atoms with E-state index in [1.165, 1.54) is 18.7 Å². The zero-order valence-corrected chi connectivity index (χ0v) is 10.6. The summed E-state index contributed by atoms with van der Waals surface area (Å²) in [7, 11) is 1.56. The van der Waals surface area contributed by atoms with Crippen LogP contribution in [0.3, 0.4) is 0 Å². The van der Waals surface area contributed by atoms with Gasteiger partial charge < -0.3 is 4.74 Å². The van der Waals surface area contributed by atoms with E-state index in [0.717, 1.165) is 11.1 Å². The first-order chi connectivity index (χ1) is 8.63. The monoisotopic (exact) mass is 242 g/mol. The van der Waals surface area contributed by atoms with Crippen molar-refractivity contribution in [2.45, 2.75) is 13.8 Å². The molecular weight excluding hydrogens is 228 g/mol. The fourth-order valence-corrected chi connectivity index (χ4v) is 1.94. The van der Waals surface area contributed by atoms with Crippen LogP contribution in [0.15, 0.2) is 30.9 Å². The molecule has 2 aromatic rings. The minimum absolute atomic E-state index is 0.120. The Morgan fingerprint density at radius 3 is 2.44 bits per heavy atom. The predicted octanol–water partition coefficient (Wildman–Crippen LogP) is 2.33. The van der Waals surface area contributed by atoms with E-state index in [1.807, 2.05) is 26.0 Å². The molecule has 0 aliphatic rings. The van der Waals surface area contributed by atoms with Gasteiger partial charge in [-0.25, -0.2) is 9.97 Å². The van der Waals surface area contributed by atoms with Crippen LogP contribution in [0.4, 0.5) is 0 Å². The summed E-state index contributed by atoms with van der Waals surface area (Å²) in [6, 6.07) is 3.81. The molecule has 0 radical (unpaired) electrons. The molecule has 0 aliphatic carbocycles. The Morgan fingerprint density at radius 1 is 1.17 bits per heavy atom. The number of hydrogen-bond acceptors (Lipinski definition) is 4. The van der Waals surface area contributed by atoms with Gasteiger partial charge in [-0.3, -0.25) is 4.79 Å². The topological polar surface area (TPSA) is 52.1 Å². The van der Waals surface area contributed by atoms with Crippen molar-refractivity contribution < 1.29 is 9.53 Å². The van der Waals surface area contributed by atoms with E-state index in [9.17, 15) is 4.79 Å². The molecule has 0 saturated heterocycles. The zero-order valence-electron chi connectivity index (χ0n) is 10.6. The van der Waals surface area contributed by atoms with Gasteiger partial charge in [0.25, 0.3) is 0 Å². The number of hydrogen-bond donors (Lipinski definition) is 0. The van der Waals surface area contributed by atoms with Crippen LogP contribution in [0, 0.1) is 13.8 Å². The fourth-order valence-electron chi connectivity index (χ4n) is 1.94. The Balaban J connectivity index is 2.55. The molecule has 0 aliphatic heterocycles. The second-order valence-electron chi connectivity index (χ2n) is 4.12. The van der Waals surface area contributed by atoms with E-state index in [4.69, 9.17) is 4.74 Å². The minimum Gasteiger partial charge on any atom is -0.496 e. The van der Waals surface area contributed by atoms with Crippen molar-refractivity contribution in [2.75, 3.05) is 7.11 Å². The van der Waals surface area contributed by atoms with Gasteiger partial charge in [-0.2, -0.15) is 0 Å². The highest BCUT2D eigenvalue weighted by atomic mass is 16.5. The molecule has 1 heterocycles. The van der Waals surface area contributed by atoms with Crippen LogP contribution >= 0.6 is 0 Å². The Kier molecular flexibility index (Phi) is 3.37. The molecule has 2 rings (SSSR count). The maximum atomic E-state index is 12.4. The maximum absolute atomic E-state index is 12.4. The molecule has 0 fully saturated rings. The molecule has 1 aromatic carbocycles. The highest BCUT2D eigenvalue weighted by Crippen LogP contribution is 2.26. The molecule has 0 unspecified atom stereocenters. The van der Waals surface area contributed by atoms with Gasteiger partial charge in [0.1, 0.15) is 12.1 Å². The van der Waals surface area contributed by atoms with E-state index in [0.29, 0.717) is 16.9 Å². The van der Waals surface area contributed by atoms with E-state index < -0.39 is 0 Å². The third-order valence-electron chi connectivity index (χ3n) is 2.71. The third-order valence-corrected chi connectivity index (χ3v) is 2.71. The lowest BCUT2D eigenvalue weighted by Gasteiger charge is -2.11. The molecule has 0 spiro atoms. The number of ether oxygens (including phenoxy) is 1. The van der Waals surface area contributed by atoms with Crippen LogP contribution in [0.1, 0.15) is 27.0 Å². The summed E-state index contributed by atoms with van der Waals surface area (Å²) >= 11 is 0. The molecule has 1 aromatic heterocycles. The smallest absolute Gasteiger partial charge is 0.200 e. The number of rotatable bonds is 3. The first-order valence-electron chi connectivity index (χ1n) is 5.58. The summed E-state index contributed by atoms with van der Waals surface area (Å²) in [5, 5.41) is 0. The van der Waals surface area contributed by atoms with Gasteiger partial charge in [0.2, 0.25) is 0 Å². The van der Waals surface area contributed by atoms with Crippen molar-refractivity contribution in [3.8, 4) is 5.75 Å². The average molecular weight is 242 g/mol. The van der Waals surface area contributed by atoms with Crippen LogP contribution in [0.25, 0.3) is 0 Å². The molecule has 0 bridgehead atoms. The number of aryl methyl sites for hydroxylation is 2. The SMILES string of the molecule is COc1cc(C)cc(C)c1C(=O)c1cncnc1. The second-order valence-corrected chi connectivity index (χ2v) is 4.12. The Labute approximate surface area is 106 Å². The van der Waals surface area contributed by atoms with E-state index in [-0.39, 0.29) is 5.78 Å². The normalized spacial score (nSPS) is 10.2. The number of ketones is 1. The van der Waals surface area contributed by atoms with Crippen molar-refractivity contribution >= 4 is 5.78 Å². The summed E-state index contributed by atoms with van der Waals surface area (Å²) in [5.74, 6) is 0.464. The lowest BCUT2D eigenvalue weighted by Crippen LogP contribution is -2.07. The summed E-state index contributed by atoms with van der Waals surface area (Å²) in [5.41, 5.74) is 2.98. The number of carbonyl (C=O) groups excluding carboxylic acids is 1. The summed E-state index contributed by atoms with van der Waals surface area (Å²) in [6.07, 6.45) is 4.41. The van der Waals surface area contributed by atoms with Crippen LogP contribution < -0.4 is 4.74 Å². The third kappa shape index (κ3) is 2.22. The Bertz CT molecular complexity index is 580. The largest absolute Gasteiger partial charge is 0.496 e. The molecule has 0 amide bonds. The van der Waals surface area contributed by atoms with Crippen molar-refractivity contribution in [2.24, 2.45) is 0 Å². The predicted molar refractivity (Wildman–Crippen MR) is 67.9 cm³/mol. The molecule has 18 heavy (non-hydrogen) atoms. The molecule has 0 N–H and O–H groups in total. The van der Waals surface area contributed by atoms with Gasteiger partial charge in [0.05, 0.1) is 18.2 Å². The summed E-state index contributed by atoms with van der Waals surface area (Å²) < 4.78 is 5.29. The summed E-state index contributed by atoms with van der Waals surface area (Å²) in [4.78, 5) is 20.1. The van der Waals surface area contributed by atoms with Gasteiger partial charge >= 0.3 is 0 Å². The van der Waals surface area contributed by atoms with Gasteiger partial charge in [-0.1, -0.05) is 6.07 Å². The van der Waals surface area contributed by atoms with Crippen molar-refractivity contribution in [3.05, 3.63) is 53.1 Å². The van der Waals surface area contributed by atoms with Gasteiger partial charge in [-0.05, 0) is 31.0 Å². The number of methoxy groups -OCH3 is 1. The number of aromatic nitrogens is 2. The average Bonchev–Trinajstić information content (AvgIpc) is 2.38. The molecule has 92 valence electrons. The van der Waals surface area contributed by atoms with E-state index in [2.05, 4.69) is 9.97 Å². The molecule has 0 saturated carbocycles. The fraction of sp³-hybridized carbons (Fsp3) is 0.214. The van der Waals surface area contributed by atoms with Crippen LogP contribution in [0.2, 0.25) is 0 Å². The lowest BCUT2D eigenvalue weighted by atomic mass is 9.98. The van der Waals surface area contributed by atoms with Crippen LogP contribution in [0.5, 0.6) is 5.75 Å². The van der Waals surface area contributed by atoms with E-state index >= 15 is 0 Å². The van der Waals surface area contributed by atoms with E-state index in [1.54, 1.807) is 7.11 Å². The van der Waals surface area contributed by atoms with Crippen LogP contribution in [-0.2, 0) is 0 Å². The maximum Gasteiger partial charge on any atom is 0.200 e. The van der Waals surface area contributed by atoms with Crippen LogP contribution in [-0.4, -0.2) is 22.9 Å². The highest BCUT2D eigenvalue weighted by molar-refractivity contribution is 6.11. The Hall–Kier alpha value is -2.23. The van der Waals surface area contributed by atoms with Gasteiger partial charge in [0, 0.05) is 12.4 Å². The van der Waals surface area contributed by atoms with Crippen molar-refractivity contribution in [1.29, 1.82) is 0 Å². The van der Waals surface area contributed by atoms with Crippen molar-refractivity contribution in [3.63, 3.8) is 0 Å². The van der Waals surface area contributed by atoms with Gasteiger partial charge in [-0.15, -0.1) is 0 Å². The quantitative estimate of drug-likeness (QED) is 0.775. The Morgan fingerprint density at radius 2 is 1.83 bits per heavy atom. The first kappa shape index (κ1) is 12.2. The first-order valence-corrected chi connectivity index (χ1v) is 5.58. The standard InChI is InChI=1S/C14H14N2O2/c1-9-4-10(2)13(12(5-9)18-3)14(17)11-6-15-8-16-7-11/h4-8H,1-3H3. The lowest BCUT2D eigenvalue weighted by molar-refractivity contribution is 0.103. The molecule has 4 heteroatoms. The minimum atomic E-state index is -0.120. The molecular formula is C14H14N2O2.